The minimum atomic E-state index is -0.270. The summed E-state index contributed by atoms with van der Waals surface area (Å²) in [4.78, 5) is 14.1. The Morgan fingerprint density at radius 1 is 0.970 bits per heavy atom. The van der Waals surface area contributed by atoms with Gasteiger partial charge in [0.2, 0.25) is 0 Å². The zero-order valence-corrected chi connectivity index (χ0v) is 18.8. The molecule has 8 heteroatoms. The number of hydrogen-bond acceptors (Lipinski definition) is 5. The molecule has 1 saturated heterocycles. The fraction of sp³-hybridized carbons (Fsp3) is 0.200. The molecule has 0 aliphatic carbocycles. The maximum Gasteiger partial charge on any atom is 0.164 e. The number of fused-ring (bicyclic) bond motifs is 1. The molecule has 0 saturated carbocycles. The van der Waals surface area contributed by atoms with Crippen molar-refractivity contribution in [3.05, 3.63) is 72.9 Å². The predicted molar refractivity (Wildman–Crippen MR) is 129 cm³/mol. The van der Waals surface area contributed by atoms with Gasteiger partial charge in [-0.1, -0.05) is 30.3 Å². The van der Waals surface area contributed by atoms with E-state index in [0.717, 1.165) is 63.0 Å². The zero-order chi connectivity index (χ0) is 22.4. The van der Waals surface area contributed by atoms with E-state index in [-0.39, 0.29) is 5.82 Å². The number of benzene rings is 2. The molecular weight excluding hydrogens is 435 g/mol. The third kappa shape index (κ3) is 3.51. The van der Waals surface area contributed by atoms with Crippen LogP contribution in [0.2, 0.25) is 0 Å². The Morgan fingerprint density at radius 2 is 1.79 bits per heavy atom. The minimum absolute atomic E-state index is 0.270. The minimum Gasteiger partial charge on any atom is -0.312 e. The Kier molecular flexibility index (Phi) is 4.95. The van der Waals surface area contributed by atoms with Crippen molar-refractivity contribution in [1.82, 2.24) is 29.3 Å². The van der Waals surface area contributed by atoms with Gasteiger partial charge in [0, 0.05) is 35.7 Å². The highest BCUT2D eigenvalue weighted by molar-refractivity contribution is 7.99. The number of halogens is 1. The summed E-state index contributed by atoms with van der Waals surface area (Å²) < 4.78 is 17.7. The summed E-state index contributed by atoms with van der Waals surface area (Å²) in [5.74, 6) is 2.72. The highest BCUT2D eigenvalue weighted by Crippen LogP contribution is 2.37. The number of imidazole rings is 1. The van der Waals surface area contributed by atoms with Gasteiger partial charge in [0.1, 0.15) is 34.9 Å². The van der Waals surface area contributed by atoms with Crippen LogP contribution in [0.3, 0.4) is 0 Å². The summed E-state index contributed by atoms with van der Waals surface area (Å²) in [6.45, 7) is 0. The number of nitrogens with zero attached hydrogens (tertiary/aromatic N) is 6. The van der Waals surface area contributed by atoms with Crippen LogP contribution in [0.25, 0.3) is 45.1 Å². The number of rotatable bonds is 4. The number of aromatic nitrogens is 6. The maximum atomic E-state index is 13.6. The van der Waals surface area contributed by atoms with E-state index in [1.54, 1.807) is 18.5 Å². The van der Waals surface area contributed by atoms with Crippen LogP contribution in [0.4, 0.5) is 4.39 Å². The molecule has 4 heterocycles. The Bertz CT molecular complexity index is 1440. The molecule has 1 unspecified atom stereocenters. The van der Waals surface area contributed by atoms with E-state index in [1.807, 2.05) is 58.4 Å². The lowest BCUT2D eigenvalue weighted by Gasteiger charge is -2.07. The first-order chi connectivity index (χ1) is 16.2. The van der Waals surface area contributed by atoms with E-state index in [2.05, 4.69) is 16.2 Å². The van der Waals surface area contributed by atoms with Gasteiger partial charge in [-0.2, -0.15) is 16.9 Å². The second kappa shape index (κ2) is 8.12. The first-order valence-electron chi connectivity index (χ1n) is 10.8. The lowest BCUT2D eigenvalue weighted by atomic mass is 10.1. The molecule has 1 atom stereocenters. The van der Waals surface area contributed by atoms with E-state index < -0.39 is 0 Å². The molecule has 0 bridgehead atoms. The Morgan fingerprint density at radius 3 is 2.55 bits per heavy atom. The van der Waals surface area contributed by atoms with Gasteiger partial charge < -0.3 is 4.57 Å². The number of thioether (sulfide) groups is 1. The molecule has 2 aromatic carbocycles. The normalized spacial score (nSPS) is 16.0. The van der Waals surface area contributed by atoms with Gasteiger partial charge in [0.15, 0.2) is 5.65 Å². The van der Waals surface area contributed by atoms with Crippen molar-refractivity contribution in [3.63, 3.8) is 0 Å². The summed E-state index contributed by atoms with van der Waals surface area (Å²) in [6.07, 6.45) is 4.72. The SMILES string of the molecule is Cn1c(-c2ccccc2)nc2c(-c3cn(C4CCSC4)nc3-c3ccc(F)cc3)ncnc21. The average Bonchev–Trinajstić information content (AvgIpc) is 3.59. The Hall–Kier alpha value is -3.52. The van der Waals surface area contributed by atoms with Crippen molar-refractivity contribution in [3.8, 4) is 33.9 Å². The van der Waals surface area contributed by atoms with Gasteiger partial charge in [0.25, 0.3) is 0 Å². The van der Waals surface area contributed by atoms with Crippen molar-refractivity contribution in [2.75, 3.05) is 11.5 Å². The highest BCUT2D eigenvalue weighted by atomic mass is 32.2. The summed E-state index contributed by atoms with van der Waals surface area (Å²) in [5.41, 5.74) is 5.73. The molecular formula is C25H21FN6S. The molecule has 0 amide bonds. The molecule has 5 aromatic rings. The summed E-state index contributed by atoms with van der Waals surface area (Å²) in [6, 6.07) is 16.9. The van der Waals surface area contributed by atoms with Crippen molar-refractivity contribution in [2.45, 2.75) is 12.5 Å². The molecule has 1 fully saturated rings. The van der Waals surface area contributed by atoms with Gasteiger partial charge in [-0.3, -0.25) is 4.68 Å². The van der Waals surface area contributed by atoms with E-state index >= 15 is 0 Å². The molecule has 6 nitrogen and oxygen atoms in total. The highest BCUT2D eigenvalue weighted by Gasteiger charge is 2.25. The monoisotopic (exact) mass is 456 g/mol. The van der Waals surface area contributed by atoms with Gasteiger partial charge >= 0.3 is 0 Å². The van der Waals surface area contributed by atoms with Crippen LogP contribution in [-0.4, -0.2) is 40.8 Å². The molecule has 0 radical (unpaired) electrons. The van der Waals surface area contributed by atoms with Crippen LogP contribution in [0.5, 0.6) is 0 Å². The van der Waals surface area contributed by atoms with E-state index in [9.17, 15) is 4.39 Å². The van der Waals surface area contributed by atoms with Gasteiger partial charge in [0.05, 0.1) is 6.04 Å². The lowest BCUT2D eigenvalue weighted by Crippen LogP contribution is -2.08. The lowest BCUT2D eigenvalue weighted by molar-refractivity contribution is 0.503. The van der Waals surface area contributed by atoms with Gasteiger partial charge in [-0.25, -0.2) is 19.3 Å². The Labute approximate surface area is 194 Å². The first kappa shape index (κ1) is 20.1. The predicted octanol–water partition coefficient (Wildman–Crippen LogP) is 5.38. The smallest absolute Gasteiger partial charge is 0.164 e. The molecule has 3 aromatic heterocycles. The van der Waals surface area contributed by atoms with Gasteiger partial charge in [-0.15, -0.1) is 0 Å². The van der Waals surface area contributed by atoms with E-state index in [0.29, 0.717) is 6.04 Å². The summed E-state index contributed by atoms with van der Waals surface area (Å²) in [5, 5.41) is 4.95. The van der Waals surface area contributed by atoms with Crippen LogP contribution in [0, 0.1) is 5.82 Å². The Balaban J connectivity index is 1.57. The molecule has 33 heavy (non-hydrogen) atoms. The van der Waals surface area contributed by atoms with Crippen LogP contribution < -0.4 is 0 Å². The number of hydrogen-bond donors (Lipinski definition) is 0. The third-order valence-electron chi connectivity index (χ3n) is 6.07. The topological polar surface area (TPSA) is 61.4 Å². The molecule has 6 rings (SSSR count). The second-order valence-electron chi connectivity index (χ2n) is 8.15. The largest absolute Gasteiger partial charge is 0.312 e. The molecule has 1 aliphatic rings. The summed E-state index contributed by atoms with van der Waals surface area (Å²) >= 11 is 1.94. The standard InChI is InChI=1S/C25H21FN6S/c1-31-24(17-5-3-2-4-6-17)29-23-22(27-15-28-25(23)31)20-13-32(19-11-12-33-14-19)30-21(20)16-7-9-18(26)10-8-16/h2-10,13,15,19H,11-12,14H2,1H3. The van der Waals surface area contributed by atoms with Crippen molar-refractivity contribution < 1.29 is 4.39 Å². The fourth-order valence-electron chi connectivity index (χ4n) is 4.35. The van der Waals surface area contributed by atoms with Crippen molar-refractivity contribution in [1.29, 1.82) is 0 Å². The van der Waals surface area contributed by atoms with Crippen LogP contribution >= 0.6 is 11.8 Å². The fourth-order valence-corrected chi connectivity index (χ4v) is 5.54. The first-order valence-corrected chi connectivity index (χ1v) is 12.0. The van der Waals surface area contributed by atoms with E-state index in [1.165, 1.54) is 12.1 Å². The quantitative estimate of drug-likeness (QED) is 0.363. The molecule has 0 N–H and O–H groups in total. The summed E-state index contributed by atoms with van der Waals surface area (Å²) in [7, 11) is 1.97. The maximum absolute atomic E-state index is 13.6. The van der Waals surface area contributed by atoms with Crippen LogP contribution in [-0.2, 0) is 7.05 Å². The number of aryl methyl sites for hydroxylation is 1. The third-order valence-corrected chi connectivity index (χ3v) is 7.22. The molecule has 0 spiro atoms. The molecule has 164 valence electrons. The average molecular weight is 457 g/mol. The van der Waals surface area contributed by atoms with Crippen LogP contribution in [0.1, 0.15) is 12.5 Å². The second-order valence-corrected chi connectivity index (χ2v) is 9.30. The van der Waals surface area contributed by atoms with Crippen molar-refractivity contribution in [2.24, 2.45) is 7.05 Å². The van der Waals surface area contributed by atoms with Crippen LogP contribution in [0.15, 0.2) is 67.1 Å². The zero-order valence-electron chi connectivity index (χ0n) is 18.0. The van der Waals surface area contributed by atoms with Crippen molar-refractivity contribution >= 4 is 22.9 Å². The molecule has 1 aliphatic heterocycles. The van der Waals surface area contributed by atoms with E-state index in [4.69, 9.17) is 10.1 Å². The van der Waals surface area contributed by atoms with Gasteiger partial charge in [-0.05, 0) is 36.4 Å².